The molecule has 0 fully saturated rings. The van der Waals surface area contributed by atoms with Gasteiger partial charge in [0.1, 0.15) is 5.76 Å². The molecule has 2 rings (SSSR count). The summed E-state index contributed by atoms with van der Waals surface area (Å²) in [5.41, 5.74) is 1.27. The summed E-state index contributed by atoms with van der Waals surface area (Å²) in [5.74, 6) is 1.28. The molecule has 1 unspecified atom stereocenters. The Hall–Kier alpha value is -1.68. The molecule has 1 atom stereocenters. The minimum Gasteiger partial charge on any atom is -0.481 e. The van der Waals surface area contributed by atoms with Crippen LogP contribution in [0, 0.1) is 5.92 Å². The van der Waals surface area contributed by atoms with E-state index in [2.05, 4.69) is 12.1 Å². The standard InChI is InChI=1S/C17H20O3S/c18-17(19)15(12-21-13-16-10-5-11-20-16)9-4-8-14-6-2-1-3-7-14/h1-3,5-7,10-11,15H,4,8-9,12-13H2,(H,18,19). The van der Waals surface area contributed by atoms with Crippen LogP contribution in [-0.4, -0.2) is 16.8 Å². The molecular formula is C17H20O3S. The zero-order valence-electron chi connectivity index (χ0n) is 11.9. The van der Waals surface area contributed by atoms with Crippen molar-refractivity contribution in [1.29, 1.82) is 0 Å². The van der Waals surface area contributed by atoms with Crippen LogP contribution in [0.15, 0.2) is 53.1 Å². The maximum atomic E-state index is 11.3. The highest BCUT2D eigenvalue weighted by atomic mass is 32.2. The summed E-state index contributed by atoms with van der Waals surface area (Å²) in [5, 5.41) is 9.29. The van der Waals surface area contributed by atoms with Crippen LogP contribution in [0.3, 0.4) is 0 Å². The number of carboxylic acids is 1. The van der Waals surface area contributed by atoms with Gasteiger partial charge in [0.15, 0.2) is 0 Å². The van der Waals surface area contributed by atoms with E-state index in [0.29, 0.717) is 5.75 Å². The molecule has 0 bridgehead atoms. The Balaban J connectivity index is 1.70. The minimum atomic E-state index is -0.699. The summed E-state index contributed by atoms with van der Waals surface area (Å²) in [6.07, 6.45) is 4.20. The van der Waals surface area contributed by atoms with Crippen LogP contribution in [0.1, 0.15) is 24.2 Å². The van der Waals surface area contributed by atoms with Gasteiger partial charge < -0.3 is 9.52 Å². The van der Waals surface area contributed by atoms with Crippen molar-refractivity contribution in [2.75, 3.05) is 5.75 Å². The number of carboxylic acid groups (broad SMARTS) is 1. The quantitative estimate of drug-likeness (QED) is 0.753. The first-order valence-corrected chi connectivity index (χ1v) is 8.28. The fraction of sp³-hybridized carbons (Fsp3) is 0.353. The lowest BCUT2D eigenvalue weighted by Crippen LogP contribution is -2.16. The Morgan fingerprint density at radius 2 is 2.00 bits per heavy atom. The van der Waals surface area contributed by atoms with Crippen molar-refractivity contribution < 1.29 is 14.3 Å². The topological polar surface area (TPSA) is 50.4 Å². The fourth-order valence-corrected chi connectivity index (χ4v) is 3.25. The van der Waals surface area contributed by atoms with Gasteiger partial charge in [-0.25, -0.2) is 0 Å². The van der Waals surface area contributed by atoms with Gasteiger partial charge in [0.2, 0.25) is 0 Å². The molecule has 0 saturated carbocycles. The van der Waals surface area contributed by atoms with Crippen LogP contribution in [0.5, 0.6) is 0 Å². The number of thioether (sulfide) groups is 1. The Morgan fingerprint density at radius 1 is 1.19 bits per heavy atom. The Morgan fingerprint density at radius 3 is 2.67 bits per heavy atom. The molecule has 0 saturated heterocycles. The zero-order chi connectivity index (χ0) is 14.9. The van der Waals surface area contributed by atoms with E-state index in [4.69, 9.17) is 4.42 Å². The first kappa shape index (κ1) is 15.7. The van der Waals surface area contributed by atoms with E-state index < -0.39 is 5.97 Å². The van der Waals surface area contributed by atoms with Gasteiger partial charge in [-0.2, -0.15) is 11.8 Å². The monoisotopic (exact) mass is 304 g/mol. The van der Waals surface area contributed by atoms with E-state index in [1.807, 2.05) is 30.3 Å². The van der Waals surface area contributed by atoms with E-state index in [-0.39, 0.29) is 5.92 Å². The van der Waals surface area contributed by atoms with Crippen LogP contribution in [0.25, 0.3) is 0 Å². The molecule has 0 radical (unpaired) electrons. The number of carbonyl (C=O) groups is 1. The van der Waals surface area contributed by atoms with E-state index in [0.717, 1.165) is 30.8 Å². The third kappa shape index (κ3) is 5.68. The molecule has 1 aromatic carbocycles. The lowest BCUT2D eigenvalue weighted by Gasteiger charge is -2.11. The molecule has 21 heavy (non-hydrogen) atoms. The highest BCUT2D eigenvalue weighted by Crippen LogP contribution is 2.20. The normalized spacial score (nSPS) is 12.2. The molecule has 1 heterocycles. The van der Waals surface area contributed by atoms with Crippen molar-refractivity contribution in [2.24, 2.45) is 5.92 Å². The van der Waals surface area contributed by atoms with Crippen molar-refractivity contribution in [2.45, 2.75) is 25.0 Å². The van der Waals surface area contributed by atoms with Gasteiger partial charge in [-0.3, -0.25) is 4.79 Å². The molecule has 112 valence electrons. The summed E-state index contributed by atoms with van der Waals surface area (Å²) < 4.78 is 5.25. The second-order valence-corrected chi connectivity index (χ2v) is 6.04. The van der Waals surface area contributed by atoms with Crippen molar-refractivity contribution >= 4 is 17.7 Å². The average Bonchev–Trinajstić information content (AvgIpc) is 3.00. The summed E-state index contributed by atoms with van der Waals surface area (Å²) >= 11 is 1.62. The second kappa shape index (κ2) is 8.57. The lowest BCUT2D eigenvalue weighted by atomic mass is 10.0. The zero-order valence-corrected chi connectivity index (χ0v) is 12.7. The highest BCUT2D eigenvalue weighted by Gasteiger charge is 2.17. The lowest BCUT2D eigenvalue weighted by molar-refractivity contribution is -0.141. The highest BCUT2D eigenvalue weighted by molar-refractivity contribution is 7.98. The summed E-state index contributed by atoms with van der Waals surface area (Å²) in [4.78, 5) is 11.3. The molecule has 0 spiro atoms. The van der Waals surface area contributed by atoms with Crippen molar-refractivity contribution in [3.63, 3.8) is 0 Å². The van der Waals surface area contributed by atoms with Crippen molar-refractivity contribution in [3.05, 3.63) is 60.1 Å². The van der Waals surface area contributed by atoms with Crippen LogP contribution in [-0.2, 0) is 17.0 Å². The summed E-state index contributed by atoms with van der Waals surface area (Å²) in [7, 11) is 0. The van der Waals surface area contributed by atoms with Crippen molar-refractivity contribution in [1.82, 2.24) is 0 Å². The largest absolute Gasteiger partial charge is 0.481 e. The second-order valence-electron chi connectivity index (χ2n) is 5.01. The van der Waals surface area contributed by atoms with Gasteiger partial charge in [-0.1, -0.05) is 30.3 Å². The molecule has 1 N–H and O–H groups in total. The number of hydrogen-bond acceptors (Lipinski definition) is 3. The predicted octanol–water partition coefficient (Wildman–Crippen LogP) is 4.24. The van der Waals surface area contributed by atoms with Gasteiger partial charge in [0.25, 0.3) is 0 Å². The Labute approximate surface area is 129 Å². The van der Waals surface area contributed by atoms with Crippen LogP contribution >= 0.6 is 11.8 Å². The minimum absolute atomic E-state index is 0.284. The molecule has 0 aliphatic carbocycles. The maximum absolute atomic E-state index is 11.3. The predicted molar refractivity (Wildman–Crippen MR) is 85.4 cm³/mol. The third-order valence-corrected chi connectivity index (χ3v) is 4.48. The average molecular weight is 304 g/mol. The van der Waals surface area contributed by atoms with E-state index in [1.165, 1.54) is 5.56 Å². The Kier molecular flexibility index (Phi) is 6.41. The number of aliphatic carboxylic acids is 1. The summed E-state index contributed by atoms with van der Waals surface area (Å²) in [6.45, 7) is 0. The van der Waals surface area contributed by atoms with Crippen LogP contribution < -0.4 is 0 Å². The first-order chi connectivity index (χ1) is 10.3. The SMILES string of the molecule is O=C(O)C(CCCc1ccccc1)CSCc1ccco1. The molecule has 4 heteroatoms. The van der Waals surface area contributed by atoms with Gasteiger partial charge in [0, 0.05) is 5.75 Å². The maximum Gasteiger partial charge on any atom is 0.307 e. The van der Waals surface area contributed by atoms with Crippen LogP contribution in [0.4, 0.5) is 0 Å². The van der Waals surface area contributed by atoms with Crippen LogP contribution in [0.2, 0.25) is 0 Å². The Bertz CT molecular complexity index is 522. The molecule has 3 nitrogen and oxygen atoms in total. The molecular weight excluding hydrogens is 284 g/mol. The molecule has 0 aliphatic heterocycles. The van der Waals surface area contributed by atoms with E-state index in [1.54, 1.807) is 18.0 Å². The van der Waals surface area contributed by atoms with E-state index in [9.17, 15) is 9.90 Å². The van der Waals surface area contributed by atoms with Gasteiger partial charge in [0.05, 0.1) is 17.9 Å². The molecule has 1 aromatic heterocycles. The fourth-order valence-electron chi connectivity index (χ4n) is 2.17. The summed E-state index contributed by atoms with van der Waals surface area (Å²) in [6, 6.07) is 14.0. The van der Waals surface area contributed by atoms with Gasteiger partial charge in [-0.05, 0) is 37.0 Å². The van der Waals surface area contributed by atoms with Gasteiger partial charge >= 0.3 is 5.97 Å². The smallest absolute Gasteiger partial charge is 0.307 e. The first-order valence-electron chi connectivity index (χ1n) is 7.12. The van der Waals surface area contributed by atoms with E-state index >= 15 is 0 Å². The number of aryl methyl sites for hydroxylation is 1. The number of furan rings is 1. The van der Waals surface area contributed by atoms with Gasteiger partial charge in [-0.15, -0.1) is 0 Å². The number of hydrogen-bond donors (Lipinski definition) is 1. The molecule has 2 aromatic rings. The molecule has 0 amide bonds. The van der Waals surface area contributed by atoms with Crippen molar-refractivity contribution in [3.8, 4) is 0 Å². The third-order valence-electron chi connectivity index (χ3n) is 3.35. The number of rotatable bonds is 9. The molecule has 0 aliphatic rings. The number of benzene rings is 1.